The quantitative estimate of drug-likeness (QED) is 0.835. The van der Waals surface area contributed by atoms with Crippen LogP contribution in [0.25, 0.3) is 0 Å². The Morgan fingerprint density at radius 1 is 0.960 bits per heavy atom. The summed E-state index contributed by atoms with van der Waals surface area (Å²) in [6.07, 6.45) is 5.04. The van der Waals surface area contributed by atoms with E-state index in [-0.39, 0.29) is 0 Å². The minimum absolute atomic E-state index is 0.986. The lowest BCUT2D eigenvalue weighted by atomic mass is 10.0. The number of ether oxygens (including phenoxy) is 1. The van der Waals surface area contributed by atoms with Crippen molar-refractivity contribution in [3.8, 4) is 5.75 Å². The lowest BCUT2D eigenvalue weighted by molar-refractivity contribution is 0.246. The number of aromatic nitrogens is 1. The van der Waals surface area contributed by atoms with Crippen LogP contribution in [0.1, 0.15) is 28.7 Å². The second-order valence-electron chi connectivity index (χ2n) is 6.94. The molecule has 0 unspecified atom stereocenters. The third kappa shape index (κ3) is 4.59. The van der Waals surface area contributed by atoms with Crippen LogP contribution in [0.3, 0.4) is 0 Å². The first-order chi connectivity index (χ1) is 12.2. The fraction of sp³-hybridized carbons (Fsp3) is 0.476. The minimum Gasteiger partial charge on any atom is -0.496 e. The number of nitrogens with zero attached hydrogens (tertiary/aromatic N) is 3. The van der Waals surface area contributed by atoms with E-state index in [4.69, 9.17) is 4.74 Å². The first-order valence-corrected chi connectivity index (χ1v) is 9.14. The second kappa shape index (κ2) is 8.45. The molecule has 25 heavy (non-hydrogen) atoms. The van der Waals surface area contributed by atoms with Gasteiger partial charge < -0.3 is 4.74 Å². The zero-order valence-corrected chi connectivity index (χ0v) is 15.7. The monoisotopic (exact) mass is 339 g/mol. The first-order valence-electron chi connectivity index (χ1n) is 9.14. The molecule has 3 rings (SSSR count). The van der Waals surface area contributed by atoms with Crippen LogP contribution < -0.4 is 4.74 Å². The fourth-order valence-electron chi connectivity index (χ4n) is 3.58. The highest BCUT2D eigenvalue weighted by Crippen LogP contribution is 2.25. The normalized spacial score (nSPS) is 16.6. The zero-order chi connectivity index (χ0) is 17.6. The molecule has 1 aromatic carbocycles. The van der Waals surface area contributed by atoms with Crippen molar-refractivity contribution in [3.63, 3.8) is 0 Å². The van der Waals surface area contributed by atoms with Crippen molar-refractivity contribution in [2.45, 2.75) is 33.4 Å². The van der Waals surface area contributed by atoms with Crippen molar-refractivity contribution in [3.05, 3.63) is 58.9 Å². The third-order valence-electron chi connectivity index (χ3n) is 5.27. The van der Waals surface area contributed by atoms with E-state index in [1.54, 1.807) is 7.11 Å². The van der Waals surface area contributed by atoms with Crippen LogP contribution in [0.2, 0.25) is 0 Å². The average Bonchev–Trinajstić information content (AvgIpc) is 2.85. The molecular weight excluding hydrogens is 310 g/mol. The molecule has 0 saturated carbocycles. The topological polar surface area (TPSA) is 28.6 Å². The number of hydrogen-bond donors (Lipinski definition) is 0. The van der Waals surface area contributed by atoms with Crippen LogP contribution in [0.5, 0.6) is 5.75 Å². The summed E-state index contributed by atoms with van der Waals surface area (Å²) in [4.78, 5) is 9.35. The maximum absolute atomic E-state index is 5.44. The van der Waals surface area contributed by atoms with Gasteiger partial charge in [-0.1, -0.05) is 12.1 Å². The predicted molar refractivity (Wildman–Crippen MR) is 102 cm³/mol. The summed E-state index contributed by atoms with van der Waals surface area (Å²) in [6, 6.07) is 8.51. The Labute approximate surface area is 151 Å². The summed E-state index contributed by atoms with van der Waals surface area (Å²) in [6.45, 7) is 10.9. The molecule has 4 nitrogen and oxygen atoms in total. The Balaban J connectivity index is 1.59. The second-order valence-corrected chi connectivity index (χ2v) is 6.94. The van der Waals surface area contributed by atoms with Crippen LogP contribution in [-0.4, -0.2) is 48.1 Å². The Kier molecular flexibility index (Phi) is 6.05. The molecule has 0 bridgehead atoms. The van der Waals surface area contributed by atoms with E-state index < -0.39 is 0 Å². The fourth-order valence-corrected chi connectivity index (χ4v) is 3.58. The van der Waals surface area contributed by atoms with Gasteiger partial charge in [0, 0.05) is 38.6 Å². The van der Waals surface area contributed by atoms with Crippen molar-refractivity contribution in [2.24, 2.45) is 0 Å². The lowest BCUT2D eigenvalue weighted by Gasteiger charge is -2.23. The van der Waals surface area contributed by atoms with E-state index in [2.05, 4.69) is 46.8 Å². The van der Waals surface area contributed by atoms with E-state index >= 15 is 0 Å². The van der Waals surface area contributed by atoms with Crippen molar-refractivity contribution in [2.75, 3.05) is 33.3 Å². The predicted octanol–water partition coefficient (Wildman–Crippen LogP) is 3.41. The molecule has 1 aromatic heterocycles. The van der Waals surface area contributed by atoms with Crippen molar-refractivity contribution in [1.29, 1.82) is 0 Å². The van der Waals surface area contributed by atoms with Gasteiger partial charge in [-0.2, -0.15) is 0 Å². The smallest absolute Gasteiger partial charge is 0.122 e. The lowest BCUT2D eigenvalue weighted by Crippen LogP contribution is -2.30. The number of pyridine rings is 1. The summed E-state index contributed by atoms with van der Waals surface area (Å²) in [7, 11) is 1.74. The Morgan fingerprint density at radius 2 is 1.72 bits per heavy atom. The van der Waals surface area contributed by atoms with E-state index in [0.717, 1.165) is 45.0 Å². The number of hydrogen-bond acceptors (Lipinski definition) is 4. The van der Waals surface area contributed by atoms with Gasteiger partial charge in [-0.3, -0.25) is 14.8 Å². The van der Waals surface area contributed by atoms with Gasteiger partial charge in [0.2, 0.25) is 0 Å². The molecule has 1 aliphatic rings. The molecule has 1 saturated heterocycles. The standard InChI is InChI=1S/C21H29N3O/c1-17-18(2)21(25-3)8-7-20(17)16-24-11-5-10-23(12-13-24)15-19-6-4-9-22-14-19/h4,6-9,14H,5,10-13,15-16H2,1-3H3. The van der Waals surface area contributed by atoms with Crippen LogP contribution in [0, 0.1) is 13.8 Å². The van der Waals surface area contributed by atoms with Gasteiger partial charge in [-0.05, 0) is 67.7 Å². The summed E-state index contributed by atoms with van der Waals surface area (Å²) in [5, 5.41) is 0. The molecule has 0 aliphatic carbocycles. The summed E-state index contributed by atoms with van der Waals surface area (Å²) >= 11 is 0. The van der Waals surface area contributed by atoms with Gasteiger partial charge in [-0.15, -0.1) is 0 Å². The van der Waals surface area contributed by atoms with E-state index in [0.29, 0.717) is 0 Å². The molecule has 1 fully saturated rings. The SMILES string of the molecule is COc1ccc(CN2CCCN(Cc3cccnc3)CC2)c(C)c1C. The number of methoxy groups -OCH3 is 1. The van der Waals surface area contributed by atoms with Crippen molar-refractivity contribution in [1.82, 2.24) is 14.8 Å². The van der Waals surface area contributed by atoms with Crippen molar-refractivity contribution >= 4 is 0 Å². The molecular formula is C21H29N3O. The summed E-state index contributed by atoms with van der Waals surface area (Å²) < 4.78 is 5.44. The molecule has 0 spiro atoms. The molecule has 0 amide bonds. The first kappa shape index (κ1) is 17.9. The van der Waals surface area contributed by atoms with Gasteiger partial charge in [0.15, 0.2) is 0 Å². The molecule has 2 aromatic rings. The molecule has 4 heteroatoms. The van der Waals surface area contributed by atoms with Gasteiger partial charge >= 0.3 is 0 Å². The van der Waals surface area contributed by atoms with Crippen LogP contribution in [0.4, 0.5) is 0 Å². The van der Waals surface area contributed by atoms with Gasteiger partial charge in [0.1, 0.15) is 5.75 Å². The van der Waals surface area contributed by atoms with E-state index in [1.807, 2.05) is 18.5 Å². The molecule has 0 N–H and O–H groups in total. The van der Waals surface area contributed by atoms with E-state index in [1.165, 1.54) is 28.7 Å². The van der Waals surface area contributed by atoms with Gasteiger partial charge in [0.05, 0.1) is 7.11 Å². The molecule has 134 valence electrons. The third-order valence-corrected chi connectivity index (χ3v) is 5.27. The Morgan fingerprint density at radius 3 is 2.40 bits per heavy atom. The Hall–Kier alpha value is -1.91. The van der Waals surface area contributed by atoms with Crippen LogP contribution in [0.15, 0.2) is 36.7 Å². The molecule has 1 aliphatic heterocycles. The number of benzene rings is 1. The van der Waals surface area contributed by atoms with Crippen LogP contribution >= 0.6 is 0 Å². The average molecular weight is 339 g/mol. The summed E-state index contributed by atoms with van der Waals surface area (Å²) in [5.74, 6) is 0.986. The molecule has 0 radical (unpaired) electrons. The summed E-state index contributed by atoms with van der Waals surface area (Å²) in [5.41, 5.74) is 5.33. The van der Waals surface area contributed by atoms with Crippen LogP contribution in [-0.2, 0) is 13.1 Å². The zero-order valence-electron chi connectivity index (χ0n) is 15.7. The molecule has 0 atom stereocenters. The highest BCUT2D eigenvalue weighted by molar-refractivity contribution is 5.43. The highest BCUT2D eigenvalue weighted by Gasteiger charge is 2.16. The van der Waals surface area contributed by atoms with Crippen molar-refractivity contribution < 1.29 is 4.74 Å². The highest BCUT2D eigenvalue weighted by atomic mass is 16.5. The molecule has 2 heterocycles. The maximum atomic E-state index is 5.44. The van der Waals surface area contributed by atoms with Gasteiger partial charge in [0.25, 0.3) is 0 Å². The number of rotatable bonds is 5. The maximum Gasteiger partial charge on any atom is 0.122 e. The largest absolute Gasteiger partial charge is 0.496 e. The van der Waals surface area contributed by atoms with E-state index in [9.17, 15) is 0 Å². The Bertz CT molecular complexity index is 687. The van der Waals surface area contributed by atoms with Gasteiger partial charge in [-0.25, -0.2) is 0 Å². The minimum atomic E-state index is 0.986.